The molecule has 3 aromatic heterocycles. The molecule has 0 saturated heterocycles. The summed E-state index contributed by atoms with van der Waals surface area (Å²) in [6.07, 6.45) is 6.27. The third-order valence-corrected chi connectivity index (χ3v) is 6.35. The highest BCUT2D eigenvalue weighted by Crippen LogP contribution is 2.46. The van der Waals surface area contributed by atoms with E-state index in [1.54, 1.807) is 6.07 Å². The van der Waals surface area contributed by atoms with E-state index >= 15 is 0 Å². The van der Waals surface area contributed by atoms with Crippen LogP contribution in [0.15, 0.2) is 18.5 Å². The Bertz CT molecular complexity index is 1100. The molecule has 150 valence electrons. The van der Waals surface area contributed by atoms with Crippen molar-refractivity contribution in [3.8, 4) is 11.5 Å². The molecular weight excluding hydrogens is 399 g/mol. The summed E-state index contributed by atoms with van der Waals surface area (Å²) < 4.78 is 14.5. The number of halogens is 2. The molecule has 3 N–H and O–H groups in total. The lowest BCUT2D eigenvalue weighted by atomic mass is 9.61. The van der Waals surface area contributed by atoms with Crippen molar-refractivity contribution in [3.63, 3.8) is 0 Å². The minimum atomic E-state index is -0.842. The summed E-state index contributed by atoms with van der Waals surface area (Å²) in [6, 6.07) is 1.33. The summed E-state index contributed by atoms with van der Waals surface area (Å²) in [5.74, 6) is -1.52. The summed E-state index contributed by atoms with van der Waals surface area (Å²) in [6.45, 7) is 0. The molecule has 0 radical (unpaired) electrons. The fraction of sp³-hybridized carbons (Fsp3) is 0.421. The Morgan fingerprint density at radius 1 is 1.21 bits per heavy atom. The number of aromatic amines is 1. The van der Waals surface area contributed by atoms with Gasteiger partial charge in [0.1, 0.15) is 5.69 Å². The van der Waals surface area contributed by atoms with E-state index in [4.69, 9.17) is 11.6 Å². The van der Waals surface area contributed by atoms with Gasteiger partial charge in [-0.25, -0.2) is 19.3 Å². The molecule has 3 aliphatic rings. The number of carboxylic acids is 1. The second-order valence-electron chi connectivity index (χ2n) is 7.72. The smallest absolute Gasteiger partial charge is 0.308 e. The van der Waals surface area contributed by atoms with Crippen molar-refractivity contribution in [2.45, 2.75) is 31.7 Å². The Hall–Kier alpha value is -2.81. The molecule has 0 amide bonds. The molecule has 10 heteroatoms. The Morgan fingerprint density at radius 2 is 1.97 bits per heavy atom. The lowest BCUT2D eigenvalue weighted by Gasteiger charge is -2.47. The van der Waals surface area contributed by atoms with Crippen LogP contribution in [-0.4, -0.2) is 42.3 Å². The fourth-order valence-electron chi connectivity index (χ4n) is 4.80. The number of aromatic nitrogens is 5. The first-order chi connectivity index (χ1) is 14.0. The molecule has 0 aliphatic heterocycles. The van der Waals surface area contributed by atoms with E-state index in [0.717, 1.165) is 31.9 Å². The fourth-order valence-corrected chi connectivity index (χ4v) is 4.96. The number of rotatable bonds is 4. The number of nitrogens with one attached hydrogen (secondary N) is 2. The average Bonchev–Trinajstić information content (AvgIpc) is 3.13. The van der Waals surface area contributed by atoms with E-state index in [9.17, 15) is 14.3 Å². The SMILES string of the molecule is O=C(O)[C@@H]1C2CCC(CC2)[C@H]1Nc1nc(-c2n[nH]c3ncc(Cl)cc23)ncc1F. The molecule has 3 heterocycles. The molecule has 3 aromatic rings. The molecule has 29 heavy (non-hydrogen) atoms. The Kier molecular flexibility index (Phi) is 4.34. The second-order valence-corrected chi connectivity index (χ2v) is 8.16. The summed E-state index contributed by atoms with van der Waals surface area (Å²) >= 11 is 6.03. The molecule has 3 aliphatic carbocycles. The Labute approximate surface area is 169 Å². The number of carboxylic acid groups (broad SMARTS) is 1. The lowest BCUT2D eigenvalue weighted by molar-refractivity contribution is -0.148. The van der Waals surface area contributed by atoms with Crippen LogP contribution < -0.4 is 5.32 Å². The van der Waals surface area contributed by atoms with Crippen LogP contribution in [0.25, 0.3) is 22.6 Å². The van der Waals surface area contributed by atoms with Crippen molar-refractivity contribution >= 4 is 34.4 Å². The van der Waals surface area contributed by atoms with E-state index in [2.05, 4.69) is 30.5 Å². The number of pyridine rings is 1. The maximum atomic E-state index is 14.5. The number of hydrogen-bond donors (Lipinski definition) is 3. The first kappa shape index (κ1) is 18.2. The first-order valence-corrected chi connectivity index (χ1v) is 9.91. The second kappa shape index (κ2) is 6.91. The van der Waals surface area contributed by atoms with Crippen LogP contribution in [0.1, 0.15) is 25.7 Å². The topological polar surface area (TPSA) is 117 Å². The molecule has 2 atom stereocenters. The van der Waals surface area contributed by atoms with Gasteiger partial charge in [-0.1, -0.05) is 11.6 Å². The zero-order valence-electron chi connectivity index (χ0n) is 15.3. The predicted molar refractivity (Wildman–Crippen MR) is 104 cm³/mol. The van der Waals surface area contributed by atoms with Gasteiger partial charge in [-0.05, 0) is 43.6 Å². The quantitative estimate of drug-likeness (QED) is 0.595. The van der Waals surface area contributed by atoms with Crippen LogP contribution in [0.3, 0.4) is 0 Å². The highest BCUT2D eigenvalue weighted by atomic mass is 35.5. The van der Waals surface area contributed by atoms with Gasteiger partial charge in [0.15, 0.2) is 23.1 Å². The van der Waals surface area contributed by atoms with Gasteiger partial charge in [-0.15, -0.1) is 0 Å². The van der Waals surface area contributed by atoms with Gasteiger partial charge in [-0.2, -0.15) is 5.10 Å². The number of nitrogens with zero attached hydrogens (tertiary/aromatic N) is 4. The third kappa shape index (κ3) is 3.09. The van der Waals surface area contributed by atoms with Crippen LogP contribution in [0.2, 0.25) is 5.02 Å². The van der Waals surface area contributed by atoms with Gasteiger partial charge >= 0.3 is 5.97 Å². The number of carbonyl (C=O) groups is 1. The van der Waals surface area contributed by atoms with Crippen molar-refractivity contribution in [1.29, 1.82) is 0 Å². The van der Waals surface area contributed by atoms with Crippen LogP contribution >= 0.6 is 11.6 Å². The third-order valence-electron chi connectivity index (χ3n) is 6.15. The van der Waals surface area contributed by atoms with Gasteiger partial charge in [0.25, 0.3) is 0 Å². The van der Waals surface area contributed by atoms with Crippen molar-refractivity contribution in [1.82, 2.24) is 25.1 Å². The largest absolute Gasteiger partial charge is 0.481 e. The van der Waals surface area contributed by atoms with Crippen LogP contribution in [0.4, 0.5) is 10.2 Å². The minimum Gasteiger partial charge on any atom is -0.481 e. The van der Waals surface area contributed by atoms with Crippen molar-refractivity contribution in [2.24, 2.45) is 17.8 Å². The molecule has 6 rings (SSSR count). The maximum Gasteiger partial charge on any atom is 0.308 e. The number of H-pyrrole nitrogens is 1. The highest BCUT2D eigenvalue weighted by molar-refractivity contribution is 6.31. The summed E-state index contributed by atoms with van der Waals surface area (Å²) in [7, 11) is 0. The predicted octanol–water partition coefficient (Wildman–Crippen LogP) is 3.51. The molecule has 3 fully saturated rings. The molecule has 0 spiro atoms. The average molecular weight is 417 g/mol. The Balaban J connectivity index is 1.51. The summed E-state index contributed by atoms with van der Waals surface area (Å²) in [5.41, 5.74) is 0.917. The zero-order valence-corrected chi connectivity index (χ0v) is 16.0. The highest BCUT2D eigenvalue weighted by Gasteiger charge is 2.47. The first-order valence-electron chi connectivity index (χ1n) is 9.53. The molecule has 3 saturated carbocycles. The van der Waals surface area contributed by atoms with Gasteiger partial charge in [0, 0.05) is 12.2 Å². The number of aliphatic carboxylic acids is 1. The van der Waals surface area contributed by atoms with Crippen LogP contribution in [0, 0.1) is 23.6 Å². The van der Waals surface area contributed by atoms with Crippen molar-refractivity contribution in [3.05, 3.63) is 29.3 Å². The standard InChI is InChI=1S/C19H18ClFN6O2/c20-10-5-11-15(26-27-16(11)22-6-10)18-23-7-12(21)17(25-18)24-14-9-3-1-8(2-4-9)13(14)19(28)29/h5-9,13-14H,1-4H2,(H,28,29)(H,22,26,27)(H,23,24,25)/t8?,9?,13-,14-/m1/s1. The van der Waals surface area contributed by atoms with E-state index in [1.165, 1.54) is 6.20 Å². The lowest BCUT2D eigenvalue weighted by Crippen LogP contribution is -2.51. The number of hydrogen-bond acceptors (Lipinski definition) is 6. The van der Waals surface area contributed by atoms with Gasteiger partial charge in [0.05, 0.1) is 22.5 Å². The maximum absolute atomic E-state index is 14.5. The molecular formula is C19H18ClFN6O2. The zero-order chi connectivity index (χ0) is 20.1. The van der Waals surface area contributed by atoms with Crippen molar-refractivity contribution < 1.29 is 14.3 Å². The number of anilines is 1. The van der Waals surface area contributed by atoms with E-state index in [0.29, 0.717) is 21.7 Å². The monoisotopic (exact) mass is 416 g/mol. The van der Waals surface area contributed by atoms with Gasteiger partial charge < -0.3 is 10.4 Å². The minimum absolute atomic E-state index is 0.00932. The van der Waals surface area contributed by atoms with E-state index in [1.807, 2.05) is 0 Å². The van der Waals surface area contributed by atoms with E-state index in [-0.39, 0.29) is 29.5 Å². The van der Waals surface area contributed by atoms with Gasteiger partial charge in [-0.3, -0.25) is 9.89 Å². The normalized spacial score (nSPS) is 26.0. The van der Waals surface area contributed by atoms with Crippen LogP contribution in [0.5, 0.6) is 0 Å². The van der Waals surface area contributed by atoms with Crippen molar-refractivity contribution in [2.75, 3.05) is 5.32 Å². The molecule has 8 nitrogen and oxygen atoms in total. The molecule has 0 unspecified atom stereocenters. The van der Waals surface area contributed by atoms with Crippen LogP contribution in [-0.2, 0) is 4.79 Å². The molecule has 0 aromatic carbocycles. The molecule has 2 bridgehead atoms. The Morgan fingerprint density at radius 3 is 2.72 bits per heavy atom. The summed E-state index contributed by atoms with van der Waals surface area (Å²) in [4.78, 5) is 24.4. The van der Waals surface area contributed by atoms with Gasteiger partial charge in [0.2, 0.25) is 0 Å². The summed E-state index contributed by atoms with van der Waals surface area (Å²) in [5, 5.41) is 20.8. The number of fused-ring (bicyclic) bond motifs is 4. The van der Waals surface area contributed by atoms with E-state index < -0.39 is 17.7 Å².